The first-order valence-corrected chi connectivity index (χ1v) is 9.43. The molecule has 2 fully saturated rings. The molecule has 0 spiro atoms. The summed E-state index contributed by atoms with van der Waals surface area (Å²) < 4.78 is 0. The van der Waals surface area contributed by atoms with Gasteiger partial charge in [-0.3, -0.25) is 0 Å². The molecule has 1 aromatic heterocycles. The molecule has 3 nitrogen and oxygen atoms in total. The van der Waals surface area contributed by atoms with E-state index < -0.39 is 0 Å². The number of aromatic nitrogens is 1. The van der Waals surface area contributed by atoms with Gasteiger partial charge in [0.05, 0.1) is 5.69 Å². The van der Waals surface area contributed by atoms with Crippen LogP contribution in [0.1, 0.15) is 62.9 Å². The Morgan fingerprint density at radius 1 is 1.24 bits per heavy atom. The number of anilines is 1. The van der Waals surface area contributed by atoms with Crippen molar-refractivity contribution in [2.45, 2.75) is 77.9 Å². The molecule has 1 saturated heterocycles. The summed E-state index contributed by atoms with van der Waals surface area (Å²) in [4.78, 5) is 8.96. The highest BCUT2D eigenvalue weighted by Crippen LogP contribution is 2.39. The van der Waals surface area contributed by atoms with E-state index in [1.807, 2.05) is 11.3 Å². The van der Waals surface area contributed by atoms with Crippen LogP contribution in [0, 0.1) is 12.8 Å². The van der Waals surface area contributed by atoms with Crippen molar-refractivity contribution in [1.82, 2.24) is 10.3 Å². The molecule has 2 heterocycles. The molecule has 1 N–H and O–H groups in total. The van der Waals surface area contributed by atoms with E-state index in [-0.39, 0.29) is 0 Å². The Balaban J connectivity index is 1.74. The molecule has 3 rings (SSSR count). The van der Waals surface area contributed by atoms with Crippen molar-refractivity contribution in [2.24, 2.45) is 5.92 Å². The Kier molecular flexibility index (Phi) is 4.85. The summed E-state index contributed by atoms with van der Waals surface area (Å²) in [5.41, 5.74) is 1.22. The molecule has 2 atom stereocenters. The summed E-state index contributed by atoms with van der Waals surface area (Å²) in [5.74, 6) is 0.925. The quantitative estimate of drug-likeness (QED) is 0.907. The topological polar surface area (TPSA) is 28.2 Å². The normalized spacial score (nSPS) is 26.2. The molecule has 21 heavy (non-hydrogen) atoms. The molecule has 1 saturated carbocycles. The second-order valence-corrected chi connectivity index (χ2v) is 8.05. The second kappa shape index (κ2) is 6.66. The van der Waals surface area contributed by atoms with Gasteiger partial charge >= 0.3 is 0 Å². The fourth-order valence-corrected chi connectivity index (χ4v) is 4.95. The SMILES string of the molecule is Cc1nc(N2CCCC3CCCCC32)sc1CNC(C)C. The Labute approximate surface area is 133 Å². The van der Waals surface area contributed by atoms with E-state index in [0.717, 1.165) is 18.5 Å². The number of thiazole rings is 1. The standard InChI is InChI=1S/C17H29N3S/c1-12(2)18-11-16-13(3)19-17(21-16)20-10-6-8-14-7-4-5-9-15(14)20/h12,14-15,18H,4-11H2,1-3H3. The third-order valence-electron chi connectivity index (χ3n) is 5.04. The average Bonchev–Trinajstić information content (AvgIpc) is 2.85. The first-order chi connectivity index (χ1) is 10.1. The van der Waals surface area contributed by atoms with Crippen LogP contribution >= 0.6 is 11.3 Å². The zero-order valence-electron chi connectivity index (χ0n) is 13.7. The van der Waals surface area contributed by atoms with Crippen LogP contribution in [0.5, 0.6) is 0 Å². The van der Waals surface area contributed by atoms with Crippen LogP contribution in [0.15, 0.2) is 0 Å². The largest absolute Gasteiger partial charge is 0.345 e. The number of fused-ring (bicyclic) bond motifs is 1. The predicted octanol–water partition coefficient (Wildman–Crippen LogP) is 4.11. The Bertz CT molecular complexity index is 467. The van der Waals surface area contributed by atoms with Crippen molar-refractivity contribution in [1.29, 1.82) is 0 Å². The molecule has 0 bridgehead atoms. The predicted molar refractivity (Wildman–Crippen MR) is 91.2 cm³/mol. The monoisotopic (exact) mass is 307 g/mol. The number of hydrogen-bond acceptors (Lipinski definition) is 4. The van der Waals surface area contributed by atoms with E-state index >= 15 is 0 Å². The number of nitrogens with one attached hydrogen (secondary N) is 1. The molecule has 0 radical (unpaired) electrons. The summed E-state index contributed by atoms with van der Waals surface area (Å²) in [5, 5.41) is 4.81. The lowest BCUT2D eigenvalue weighted by atomic mass is 9.78. The van der Waals surface area contributed by atoms with Crippen molar-refractivity contribution in [3.63, 3.8) is 0 Å². The van der Waals surface area contributed by atoms with Gasteiger partial charge in [0.25, 0.3) is 0 Å². The molecule has 4 heteroatoms. The molecular formula is C17H29N3S. The molecule has 1 aliphatic carbocycles. The van der Waals surface area contributed by atoms with Crippen LogP contribution < -0.4 is 10.2 Å². The third kappa shape index (κ3) is 3.42. The lowest BCUT2D eigenvalue weighted by molar-refractivity contribution is 0.243. The van der Waals surface area contributed by atoms with E-state index in [2.05, 4.69) is 31.0 Å². The van der Waals surface area contributed by atoms with Crippen LogP contribution in [0.2, 0.25) is 0 Å². The van der Waals surface area contributed by atoms with Crippen LogP contribution in [0.3, 0.4) is 0 Å². The number of rotatable bonds is 4. The maximum atomic E-state index is 4.91. The van der Waals surface area contributed by atoms with E-state index in [0.29, 0.717) is 6.04 Å². The zero-order chi connectivity index (χ0) is 14.8. The molecule has 0 aromatic carbocycles. The first-order valence-electron chi connectivity index (χ1n) is 8.61. The molecule has 0 amide bonds. The van der Waals surface area contributed by atoms with Crippen molar-refractivity contribution in [3.8, 4) is 0 Å². The Hall–Kier alpha value is -0.610. The fourth-order valence-electron chi connectivity index (χ4n) is 3.86. The summed E-state index contributed by atoms with van der Waals surface area (Å²) in [6.45, 7) is 8.75. The minimum Gasteiger partial charge on any atom is -0.345 e. The minimum atomic E-state index is 0.535. The van der Waals surface area contributed by atoms with Gasteiger partial charge < -0.3 is 10.2 Å². The first kappa shape index (κ1) is 15.3. The maximum Gasteiger partial charge on any atom is 0.186 e. The Morgan fingerprint density at radius 3 is 2.81 bits per heavy atom. The van der Waals surface area contributed by atoms with Crippen molar-refractivity contribution in [3.05, 3.63) is 10.6 Å². The van der Waals surface area contributed by atoms with E-state index in [9.17, 15) is 0 Å². The van der Waals surface area contributed by atoms with Gasteiger partial charge in [-0.15, -0.1) is 11.3 Å². The highest BCUT2D eigenvalue weighted by Gasteiger charge is 2.34. The molecule has 1 aromatic rings. The van der Waals surface area contributed by atoms with Gasteiger partial charge in [0.2, 0.25) is 0 Å². The van der Waals surface area contributed by atoms with Gasteiger partial charge in [-0.1, -0.05) is 26.7 Å². The van der Waals surface area contributed by atoms with Gasteiger partial charge in [0.15, 0.2) is 5.13 Å². The molecule has 2 aliphatic rings. The fraction of sp³-hybridized carbons (Fsp3) is 0.824. The third-order valence-corrected chi connectivity index (χ3v) is 6.24. The van der Waals surface area contributed by atoms with Crippen molar-refractivity contribution in [2.75, 3.05) is 11.4 Å². The lowest BCUT2D eigenvalue weighted by Gasteiger charge is -2.44. The molecule has 2 unspecified atom stereocenters. The zero-order valence-corrected chi connectivity index (χ0v) is 14.5. The maximum absolute atomic E-state index is 4.91. The van der Waals surface area contributed by atoms with Crippen LogP contribution in [-0.4, -0.2) is 23.6 Å². The van der Waals surface area contributed by atoms with Crippen molar-refractivity contribution >= 4 is 16.5 Å². The highest BCUT2D eigenvalue weighted by atomic mass is 32.1. The van der Waals surface area contributed by atoms with Gasteiger partial charge in [0.1, 0.15) is 0 Å². The van der Waals surface area contributed by atoms with Crippen LogP contribution in [-0.2, 0) is 6.54 Å². The van der Waals surface area contributed by atoms with Gasteiger partial charge in [0, 0.05) is 30.1 Å². The summed E-state index contributed by atoms with van der Waals surface area (Å²) >= 11 is 1.92. The molecule has 118 valence electrons. The molecular weight excluding hydrogens is 278 g/mol. The van der Waals surface area contributed by atoms with Gasteiger partial charge in [-0.25, -0.2) is 4.98 Å². The smallest absolute Gasteiger partial charge is 0.186 e. The second-order valence-electron chi connectivity index (χ2n) is 6.99. The number of piperidine rings is 1. The molecule has 1 aliphatic heterocycles. The van der Waals surface area contributed by atoms with E-state index in [4.69, 9.17) is 4.98 Å². The van der Waals surface area contributed by atoms with Crippen LogP contribution in [0.25, 0.3) is 0 Å². The van der Waals surface area contributed by atoms with Crippen molar-refractivity contribution < 1.29 is 0 Å². The number of nitrogens with zero attached hydrogens (tertiary/aromatic N) is 2. The van der Waals surface area contributed by atoms with E-state index in [1.165, 1.54) is 60.8 Å². The number of aryl methyl sites for hydroxylation is 1. The summed E-state index contributed by atoms with van der Waals surface area (Å²) in [6.07, 6.45) is 8.45. The summed E-state index contributed by atoms with van der Waals surface area (Å²) in [7, 11) is 0. The van der Waals surface area contributed by atoms with Gasteiger partial charge in [-0.05, 0) is 38.5 Å². The average molecular weight is 308 g/mol. The van der Waals surface area contributed by atoms with Gasteiger partial charge in [-0.2, -0.15) is 0 Å². The summed E-state index contributed by atoms with van der Waals surface area (Å²) in [6, 6.07) is 1.30. The van der Waals surface area contributed by atoms with E-state index in [1.54, 1.807) is 0 Å². The highest BCUT2D eigenvalue weighted by molar-refractivity contribution is 7.15. The number of hydrogen-bond donors (Lipinski definition) is 1. The minimum absolute atomic E-state index is 0.535. The lowest BCUT2D eigenvalue weighted by Crippen LogP contribution is -2.46. The Morgan fingerprint density at radius 2 is 2.00 bits per heavy atom. The van der Waals surface area contributed by atoms with Crippen LogP contribution in [0.4, 0.5) is 5.13 Å².